The number of rotatable bonds is 2. The summed E-state index contributed by atoms with van der Waals surface area (Å²) in [5, 5.41) is 0. The van der Waals surface area contributed by atoms with Gasteiger partial charge in [-0.05, 0) is 24.5 Å². The van der Waals surface area contributed by atoms with Crippen LogP contribution in [0.2, 0.25) is 0 Å². The van der Waals surface area contributed by atoms with Crippen molar-refractivity contribution in [1.82, 2.24) is 0 Å². The van der Waals surface area contributed by atoms with Gasteiger partial charge < -0.3 is 4.74 Å². The molecule has 3 rings (SSSR count). The Morgan fingerprint density at radius 3 is 2.05 bits per heavy atom. The van der Waals surface area contributed by atoms with Gasteiger partial charge in [-0.3, -0.25) is 0 Å². The van der Waals surface area contributed by atoms with Crippen LogP contribution in [0.3, 0.4) is 0 Å². The maximum Gasteiger partial charge on any atom is 0.334 e. The number of hydrogen-bond donors (Lipinski definition) is 0. The Kier molecular flexibility index (Phi) is 3.15. The molecule has 0 heterocycles. The van der Waals surface area contributed by atoms with Gasteiger partial charge in [0.1, 0.15) is 0 Å². The molecule has 100 valence electrons. The van der Waals surface area contributed by atoms with Gasteiger partial charge in [-0.15, -0.1) is 0 Å². The smallest absolute Gasteiger partial charge is 0.334 e. The lowest BCUT2D eigenvalue weighted by atomic mass is 9.84. The molecular formula is C18H16O2. The molecule has 0 bridgehead atoms. The Balaban J connectivity index is 2.08. The molecule has 2 heteroatoms. The second-order valence-corrected chi connectivity index (χ2v) is 5.14. The highest BCUT2D eigenvalue weighted by atomic mass is 16.5. The average molecular weight is 264 g/mol. The summed E-state index contributed by atoms with van der Waals surface area (Å²) in [5.74, 6) is -0.346. The van der Waals surface area contributed by atoms with Crippen LogP contribution in [0.15, 0.2) is 60.7 Å². The summed E-state index contributed by atoms with van der Waals surface area (Å²) < 4.78 is 5.67. The largest absolute Gasteiger partial charge is 0.449 e. The van der Waals surface area contributed by atoms with Gasteiger partial charge in [0.05, 0.1) is 0 Å². The number of fused-ring (bicyclic) bond motifs is 2. The first kappa shape index (κ1) is 12.7. The predicted octanol–water partition coefficient (Wildman–Crippen LogP) is 3.80. The average Bonchev–Trinajstić information content (AvgIpc) is 2.46. The first-order valence-electron chi connectivity index (χ1n) is 6.69. The van der Waals surface area contributed by atoms with E-state index in [2.05, 4.69) is 18.7 Å². The van der Waals surface area contributed by atoms with Gasteiger partial charge in [-0.25, -0.2) is 4.79 Å². The third kappa shape index (κ3) is 2.14. The molecule has 0 unspecified atom stereocenters. The molecule has 0 aliphatic heterocycles. The van der Waals surface area contributed by atoms with E-state index in [1.54, 1.807) is 6.92 Å². The molecule has 0 aromatic heterocycles. The van der Waals surface area contributed by atoms with Crippen molar-refractivity contribution in [3.63, 3.8) is 0 Å². The SMILES string of the molecule is C=C(C)C(=O)OC1c2ccccc2Cc2ccccc21. The Labute approximate surface area is 118 Å². The van der Waals surface area contributed by atoms with Gasteiger partial charge in [0.25, 0.3) is 0 Å². The summed E-state index contributed by atoms with van der Waals surface area (Å²) in [5.41, 5.74) is 4.99. The fourth-order valence-electron chi connectivity index (χ4n) is 2.61. The zero-order valence-electron chi connectivity index (χ0n) is 11.4. The lowest BCUT2D eigenvalue weighted by Gasteiger charge is -2.28. The molecule has 2 aromatic rings. The van der Waals surface area contributed by atoms with Gasteiger partial charge in [0.15, 0.2) is 6.10 Å². The minimum atomic E-state index is -0.346. The molecule has 0 radical (unpaired) electrons. The molecule has 20 heavy (non-hydrogen) atoms. The molecule has 0 amide bonds. The summed E-state index contributed by atoms with van der Waals surface area (Å²) in [6, 6.07) is 16.2. The van der Waals surface area contributed by atoms with E-state index in [0.29, 0.717) is 5.57 Å². The maximum absolute atomic E-state index is 11.9. The van der Waals surface area contributed by atoms with Gasteiger partial charge in [0, 0.05) is 16.7 Å². The van der Waals surface area contributed by atoms with E-state index in [1.807, 2.05) is 36.4 Å². The quantitative estimate of drug-likeness (QED) is 0.609. The van der Waals surface area contributed by atoms with E-state index < -0.39 is 0 Å². The van der Waals surface area contributed by atoms with E-state index in [-0.39, 0.29) is 12.1 Å². The second-order valence-electron chi connectivity index (χ2n) is 5.14. The third-order valence-electron chi connectivity index (χ3n) is 3.63. The van der Waals surface area contributed by atoms with Crippen molar-refractivity contribution in [3.8, 4) is 0 Å². The maximum atomic E-state index is 11.9. The van der Waals surface area contributed by atoms with Gasteiger partial charge in [-0.2, -0.15) is 0 Å². The van der Waals surface area contributed by atoms with Crippen molar-refractivity contribution in [2.75, 3.05) is 0 Å². The Hall–Kier alpha value is -2.35. The van der Waals surface area contributed by atoms with Crippen molar-refractivity contribution in [1.29, 1.82) is 0 Å². The molecule has 0 N–H and O–H groups in total. The molecular weight excluding hydrogens is 248 g/mol. The zero-order chi connectivity index (χ0) is 14.1. The topological polar surface area (TPSA) is 26.3 Å². The standard InChI is InChI=1S/C18H16O2/c1-12(2)18(19)20-17-15-9-5-3-7-13(15)11-14-8-4-6-10-16(14)17/h3-10,17H,1,11H2,2H3. The number of esters is 1. The van der Waals surface area contributed by atoms with E-state index >= 15 is 0 Å². The highest BCUT2D eigenvalue weighted by Gasteiger charge is 2.28. The van der Waals surface area contributed by atoms with Crippen LogP contribution in [0.25, 0.3) is 0 Å². The lowest BCUT2D eigenvalue weighted by molar-refractivity contribution is -0.142. The lowest BCUT2D eigenvalue weighted by Crippen LogP contribution is -2.19. The predicted molar refractivity (Wildman–Crippen MR) is 78.4 cm³/mol. The van der Waals surface area contributed by atoms with Gasteiger partial charge in [0.2, 0.25) is 0 Å². The number of ether oxygens (including phenoxy) is 1. The number of carbonyl (C=O) groups excluding carboxylic acids is 1. The zero-order valence-corrected chi connectivity index (χ0v) is 11.4. The van der Waals surface area contributed by atoms with E-state index in [0.717, 1.165) is 17.5 Å². The van der Waals surface area contributed by atoms with E-state index in [4.69, 9.17) is 4.74 Å². The Bertz CT molecular complexity index is 640. The first-order chi connectivity index (χ1) is 9.66. The van der Waals surface area contributed by atoms with Crippen molar-refractivity contribution in [2.45, 2.75) is 19.4 Å². The van der Waals surface area contributed by atoms with Crippen molar-refractivity contribution < 1.29 is 9.53 Å². The summed E-state index contributed by atoms with van der Waals surface area (Å²) in [7, 11) is 0. The third-order valence-corrected chi connectivity index (χ3v) is 3.63. The summed E-state index contributed by atoms with van der Waals surface area (Å²) in [6.07, 6.45) is 0.549. The highest BCUT2D eigenvalue weighted by Crippen LogP contribution is 2.37. The van der Waals surface area contributed by atoms with Gasteiger partial charge >= 0.3 is 5.97 Å². The van der Waals surface area contributed by atoms with Crippen LogP contribution in [-0.4, -0.2) is 5.97 Å². The van der Waals surface area contributed by atoms with Crippen LogP contribution in [0.4, 0.5) is 0 Å². The minimum absolute atomic E-state index is 0.333. The van der Waals surface area contributed by atoms with Crippen LogP contribution < -0.4 is 0 Å². The fourth-order valence-corrected chi connectivity index (χ4v) is 2.61. The monoisotopic (exact) mass is 264 g/mol. The fraction of sp³-hybridized carbons (Fsp3) is 0.167. The minimum Gasteiger partial charge on any atom is -0.449 e. The molecule has 1 aliphatic rings. The molecule has 0 atom stereocenters. The molecule has 0 fully saturated rings. The van der Waals surface area contributed by atoms with Gasteiger partial charge in [-0.1, -0.05) is 55.1 Å². The Morgan fingerprint density at radius 2 is 1.55 bits per heavy atom. The van der Waals surface area contributed by atoms with Crippen LogP contribution in [0.5, 0.6) is 0 Å². The number of benzene rings is 2. The number of hydrogen-bond acceptors (Lipinski definition) is 2. The molecule has 2 nitrogen and oxygen atoms in total. The molecule has 1 aliphatic carbocycles. The van der Waals surface area contributed by atoms with Crippen molar-refractivity contribution in [3.05, 3.63) is 82.9 Å². The molecule has 0 saturated heterocycles. The van der Waals surface area contributed by atoms with Crippen molar-refractivity contribution in [2.24, 2.45) is 0 Å². The van der Waals surface area contributed by atoms with Crippen LogP contribution in [-0.2, 0) is 16.0 Å². The first-order valence-corrected chi connectivity index (χ1v) is 6.69. The molecule has 0 spiro atoms. The normalized spacial score (nSPS) is 13.2. The van der Waals surface area contributed by atoms with Crippen LogP contribution in [0, 0.1) is 0 Å². The summed E-state index contributed by atoms with van der Waals surface area (Å²) in [6.45, 7) is 5.33. The number of carbonyl (C=O) groups is 1. The van der Waals surface area contributed by atoms with Crippen molar-refractivity contribution >= 4 is 5.97 Å². The van der Waals surface area contributed by atoms with Crippen LogP contribution in [0.1, 0.15) is 35.3 Å². The Morgan fingerprint density at radius 1 is 1.05 bits per heavy atom. The van der Waals surface area contributed by atoms with E-state index in [1.165, 1.54) is 11.1 Å². The molecule has 2 aromatic carbocycles. The summed E-state index contributed by atoms with van der Waals surface area (Å²) in [4.78, 5) is 11.9. The second kappa shape index (κ2) is 4.97. The van der Waals surface area contributed by atoms with E-state index in [9.17, 15) is 4.79 Å². The highest BCUT2D eigenvalue weighted by molar-refractivity contribution is 5.87. The van der Waals surface area contributed by atoms with Crippen LogP contribution >= 0.6 is 0 Å². The summed E-state index contributed by atoms with van der Waals surface area (Å²) >= 11 is 0. The molecule has 0 saturated carbocycles.